The standard InChI is InChI=1S/C22H28N4O3/c1-25-9-4-5-18(25)22-23-13-16-14-26(10-8-17(16)24-22)21(27)12-15-6-7-19(28-2)20(11-15)29-3/h6-7,11,13,18H,4-5,8-10,12,14H2,1-3H3. The molecule has 0 radical (unpaired) electrons. The zero-order valence-electron chi connectivity index (χ0n) is 17.4. The highest BCUT2D eigenvalue weighted by Crippen LogP contribution is 2.30. The number of carbonyl (C=O) groups is 1. The van der Waals surface area contributed by atoms with Gasteiger partial charge >= 0.3 is 0 Å². The second kappa shape index (κ2) is 8.37. The zero-order chi connectivity index (χ0) is 20.4. The zero-order valence-corrected chi connectivity index (χ0v) is 17.4. The molecule has 154 valence electrons. The number of likely N-dealkylation sites (tertiary alicyclic amines) is 1. The van der Waals surface area contributed by atoms with Gasteiger partial charge < -0.3 is 14.4 Å². The molecule has 0 spiro atoms. The molecule has 2 aromatic rings. The largest absolute Gasteiger partial charge is 0.493 e. The Balaban J connectivity index is 1.43. The van der Waals surface area contributed by atoms with Crippen molar-refractivity contribution in [2.75, 3.05) is 34.4 Å². The Morgan fingerprint density at radius 1 is 1.21 bits per heavy atom. The Kier molecular flexibility index (Phi) is 5.67. The fraction of sp³-hybridized carbons (Fsp3) is 0.500. The van der Waals surface area contributed by atoms with Crippen molar-refractivity contribution in [2.24, 2.45) is 0 Å². The van der Waals surface area contributed by atoms with Gasteiger partial charge in [-0.1, -0.05) is 6.07 Å². The van der Waals surface area contributed by atoms with Crippen LogP contribution in [0.4, 0.5) is 0 Å². The van der Waals surface area contributed by atoms with Crippen LogP contribution in [0, 0.1) is 0 Å². The molecule has 4 rings (SSSR count). The summed E-state index contributed by atoms with van der Waals surface area (Å²) >= 11 is 0. The minimum absolute atomic E-state index is 0.0995. The molecule has 29 heavy (non-hydrogen) atoms. The van der Waals surface area contributed by atoms with Gasteiger partial charge in [-0.2, -0.15) is 0 Å². The predicted molar refractivity (Wildman–Crippen MR) is 109 cm³/mol. The number of methoxy groups -OCH3 is 2. The highest BCUT2D eigenvalue weighted by molar-refractivity contribution is 5.79. The molecule has 0 saturated carbocycles. The Bertz CT molecular complexity index is 902. The maximum Gasteiger partial charge on any atom is 0.227 e. The minimum Gasteiger partial charge on any atom is -0.493 e. The van der Waals surface area contributed by atoms with E-state index in [-0.39, 0.29) is 5.91 Å². The molecule has 7 heteroatoms. The predicted octanol–water partition coefficient (Wildman–Crippen LogP) is 2.39. The van der Waals surface area contributed by atoms with Gasteiger partial charge in [0.15, 0.2) is 11.5 Å². The summed E-state index contributed by atoms with van der Waals surface area (Å²) in [6, 6.07) is 5.93. The first-order chi connectivity index (χ1) is 14.1. The third kappa shape index (κ3) is 4.05. The van der Waals surface area contributed by atoms with E-state index in [0.29, 0.717) is 37.1 Å². The lowest BCUT2D eigenvalue weighted by molar-refractivity contribution is -0.131. The van der Waals surface area contributed by atoms with Crippen LogP contribution in [0.2, 0.25) is 0 Å². The van der Waals surface area contributed by atoms with Crippen molar-refractivity contribution >= 4 is 5.91 Å². The number of nitrogens with zero attached hydrogens (tertiary/aromatic N) is 4. The Labute approximate surface area is 171 Å². The molecule has 3 heterocycles. The molecule has 1 fully saturated rings. The molecule has 1 aromatic heterocycles. The molecule has 2 aliphatic heterocycles. The minimum atomic E-state index is 0.0995. The number of carbonyl (C=O) groups excluding carboxylic acids is 1. The van der Waals surface area contributed by atoms with Crippen molar-refractivity contribution in [3.8, 4) is 11.5 Å². The van der Waals surface area contributed by atoms with E-state index in [1.807, 2.05) is 29.3 Å². The van der Waals surface area contributed by atoms with E-state index in [4.69, 9.17) is 14.5 Å². The van der Waals surface area contributed by atoms with Gasteiger partial charge in [0.05, 0.1) is 32.4 Å². The number of benzene rings is 1. The average Bonchev–Trinajstić information content (AvgIpc) is 3.18. The van der Waals surface area contributed by atoms with Gasteiger partial charge in [-0.15, -0.1) is 0 Å². The molecule has 2 aliphatic rings. The molecular formula is C22H28N4O3. The van der Waals surface area contributed by atoms with Gasteiger partial charge in [0, 0.05) is 31.3 Å². The fourth-order valence-corrected chi connectivity index (χ4v) is 4.22. The van der Waals surface area contributed by atoms with E-state index in [9.17, 15) is 4.79 Å². The second-order valence-electron chi connectivity index (χ2n) is 7.77. The first kappa shape index (κ1) is 19.6. The van der Waals surface area contributed by atoms with Gasteiger partial charge in [-0.3, -0.25) is 9.69 Å². The quantitative estimate of drug-likeness (QED) is 0.773. The van der Waals surface area contributed by atoms with Crippen LogP contribution in [0.25, 0.3) is 0 Å². The summed E-state index contributed by atoms with van der Waals surface area (Å²) in [5, 5.41) is 0. The highest BCUT2D eigenvalue weighted by Gasteiger charge is 2.28. The lowest BCUT2D eigenvalue weighted by Gasteiger charge is -2.29. The molecule has 1 saturated heterocycles. The third-order valence-electron chi connectivity index (χ3n) is 5.93. The number of hydrogen-bond acceptors (Lipinski definition) is 6. The number of rotatable bonds is 5. The van der Waals surface area contributed by atoms with Crippen LogP contribution in [0.3, 0.4) is 0 Å². The summed E-state index contributed by atoms with van der Waals surface area (Å²) in [7, 11) is 5.34. The number of aromatic nitrogens is 2. The van der Waals surface area contributed by atoms with Gasteiger partial charge in [-0.05, 0) is 44.1 Å². The molecule has 1 amide bonds. The van der Waals surface area contributed by atoms with Crippen LogP contribution in [0.5, 0.6) is 11.5 Å². The Morgan fingerprint density at radius 3 is 2.76 bits per heavy atom. The first-order valence-electron chi connectivity index (χ1n) is 10.1. The summed E-state index contributed by atoms with van der Waals surface area (Å²) in [4.78, 5) is 26.5. The van der Waals surface area contributed by atoms with Crippen molar-refractivity contribution in [3.63, 3.8) is 0 Å². The lowest BCUT2D eigenvalue weighted by atomic mass is 10.0. The van der Waals surface area contributed by atoms with Crippen molar-refractivity contribution in [1.29, 1.82) is 0 Å². The second-order valence-corrected chi connectivity index (χ2v) is 7.77. The van der Waals surface area contributed by atoms with Gasteiger partial charge in [0.2, 0.25) is 5.91 Å². The Hall–Kier alpha value is -2.67. The lowest BCUT2D eigenvalue weighted by Crippen LogP contribution is -2.37. The van der Waals surface area contributed by atoms with E-state index in [1.165, 1.54) is 6.42 Å². The van der Waals surface area contributed by atoms with Crippen LogP contribution in [0.1, 0.15) is 41.5 Å². The van der Waals surface area contributed by atoms with Crippen molar-refractivity contribution < 1.29 is 14.3 Å². The van der Waals surface area contributed by atoms with E-state index in [0.717, 1.165) is 42.0 Å². The summed E-state index contributed by atoms with van der Waals surface area (Å²) in [6.45, 7) is 2.36. The van der Waals surface area contributed by atoms with E-state index in [1.54, 1.807) is 14.2 Å². The normalized spacial score (nSPS) is 19.1. The first-order valence-corrected chi connectivity index (χ1v) is 10.1. The molecule has 0 aliphatic carbocycles. The monoisotopic (exact) mass is 396 g/mol. The van der Waals surface area contributed by atoms with Gasteiger partial charge in [0.25, 0.3) is 0 Å². The maximum atomic E-state index is 12.9. The summed E-state index contributed by atoms with van der Waals surface area (Å²) in [6.07, 6.45) is 5.34. The number of hydrogen-bond donors (Lipinski definition) is 0. The van der Waals surface area contributed by atoms with E-state index >= 15 is 0 Å². The highest BCUT2D eigenvalue weighted by atomic mass is 16.5. The van der Waals surface area contributed by atoms with Crippen LogP contribution in [0.15, 0.2) is 24.4 Å². The van der Waals surface area contributed by atoms with E-state index in [2.05, 4.69) is 16.9 Å². The smallest absolute Gasteiger partial charge is 0.227 e. The van der Waals surface area contributed by atoms with Crippen LogP contribution < -0.4 is 9.47 Å². The Morgan fingerprint density at radius 2 is 2.03 bits per heavy atom. The number of amides is 1. The van der Waals surface area contributed by atoms with Crippen LogP contribution >= 0.6 is 0 Å². The molecular weight excluding hydrogens is 368 g/mol. The van der Waals surface area contributed by atoms with Crippen LogP contribution in [-0.2, 0) is 24.2 Å². The maximum absolute atomic E-state index is 12.9. The SMILES string of the molecule is COc1ccc(CC(=O)N2CCc3nc(C4CCCN4C)ncc3C2)cc1OC. The molecule has 0 N–H and O–H groups in total. The fourth-order valence-electron chi connectivity index (χ4n) is 4.22. The topological polar surface area (TPSA) is 67.8 Å². The summed E-state index contributed by atoms with van der Waals surface area (Å²) in [5.41, 5.74) is 3.06. The van der Waals surface area contributed by atoms with Crippen molar-refractivity contribution in [2.45, 2.75) is 38.3 Å². The van der Waals surface area contributed by atoms with Crippen LogP contribution in [-0.4, -0.2) is 60.0 Å². The molecule has 1 aromatic carbocycles. The van der Waals surface area contributed by atoms with Gasteiger partial charge in [0.1, 0.15) is 5.82 Å². The molecule has 7 nitrogen and oxygen atoms in total. The van der Waals surface area contributed by atoms with Crippen molar-refractivity contribution in [1.82, 2.24) is 19.8 Å². The van der Waals surface area contributed by atoms with Crippen molar-refractivity contribution in [3.05, 3.63) is 47.0 Å². The third-order valence-corrected chi connectivity index (χ3v) is 5.93. The van der Waals surface area contributed by atoms with Gasteiger partial charge in [-0.25, -0.2) is 9.97 Å². The van der Waals surface area contributed by atoms with E-state index < -0.39 is 0 Å². The molecule has 1 unspecified atom stereocenters. The molecule has 1 atom stereocenters. The summed E-state index contributed by atoms with van der Waals surface area (Å²) < 4.78 is 10.6. The molecule has 0 bridgehead atoms. The summed E-state index contributed by atoms with van der Waals surface area (Å²) in [5.74, 6) is 2.33. The average molecular weight is 396 g/mol. The number of fused-ring (bicyclic) bond motifs is 1. The number of ether oxygens (including phenoxy) is 2.